The molecule has 1 N–H and O–H groups in total. The first-order chi connectivity index (χ1) is 8.17. The monoisotopic (exact) mass is 251 g/mol. The molecule has 18 heavy (non-hydrogen) atoms. The van der Waals surface area contributed by atoms with Gasteiger partial charge in [-0.15, -0.1) is 0 Å². The molecular formula is C15H25NO2. The number of aliphatic hydroxyl groups is 1. The van der Waals surface area contributed by atoms with E-state index in [1.165, 1.54) is 5.56 Å². The smallest absolute Gasteiger partial charge is 0.125 e. The highest BCUT2D eigenvalue weighted by Crippen LogP contribution is 2.33. The summed E-state index contributed by atoms with van der Waals surface area (Å²) < 4.78 is 5.42. The van der Waals surface area contributed by atoms with Crippen LogP contribution < -0.4 is 9.64 Å². The van der Waals surface area contributed by atoms with Gasteiger partial charge in [-0.1, -0.05) is 0 Å². The molecule has 0 fully saturated rings. The van der Waals surface area contributed by atoms with Crippen LogP contribution in [0.2, 0.25) is 0 Å². The number of hydrogen-bond acceptors (Lipinski definition) is 3. The Kier molecular flexibility index (Phi) is 4.28. The molecule has 0 amide bonds. The minimum atomic E-state index is -0.705. The van der Waals surface area contributed by atoms with Crippen LogP contribution in [0.5, 0.6) is 5.75 Å². The summed E-state index contributed by atoms with van der Waals surface area (Å²) in [4.78, 5) is 2.09. The Hall–Kier alpha value is -1.22. The maximum Gasteiger partial charge on any atom is 0.125 e. The third kappa shape index (κ3) is 3.16. The fourth-order valence-electron chi connectivity index (χ4n) is 2.41. The van der Waals surface area contributed by atoms with Crippen molar-refractivity contribution < 1.29 is 9.84 Å². The van der Waals surface area contributed by atoms with Gasteiger partial charge in [-0.25, -0.2) is 0 Å². The molecule has 1 aromatic rings. The number of benzene rings is 1. The average molecular weight is 251 g/mol. The molecule has 102 valence electrons. The zero-order valence-electron chi connectivity index (χ0n) is 12.6. The maximum atomic E-state index is 9.91. The molecule has 3 heteroatoms. The Morgan fingerprint density at radius 3 is 2.22 bits per heavy atom. The van der Waals surface area contributed by atoms with Crippen molar-refractivity contribution in [1.29, 1.82) is 0 Å². The second kappa shape index (κ2) is 5.19. The van der Waals surface area contributed by atoms with E-state index in [1.807, 2.05) is 27.8 Å². The van der Waals surface area contributed by atoms with E-state index in [1.54, 1.807) is 7.11 Å². The molecule has 0 spiro atoms. The molecule has 0 atom stereocenters. The Labute approximate surface area is 110 Å². The zero-order valence-corrected chi connectivity index (χ0v) is 12.6. The summed E-state index contributed by atoms with van der Waals surface area (Å²) in [6.07, 6.45) is 0. The van der Waals surface area contributed by atoms with E-state index in [0.29, 0.717) is 6.54 Å². The van der Waals surface area contributed by atoms with Crippen LogP contribution in [0, 0.1) is 20.8 Å². The lowest BCUT2D eigenvalue weighted by Crippen LogP contribution is -2.36. The van der Waals surface area contributed by atoms with E-state index in [9.17, 15) is 5.11 Å². The molecule has 0 aliphatic rings. The summed E-state index contributed by atoms with van der Waals surface area (Å²) >= 11 is 0. The van der Waals surface area contributed by atoms with Crippen LogP contribution in [0.4, 0.5) is 5.69 Å². The molecule has 1 aromatic carbocycles. The number of anilines is 1. The Balaban J connectivity index is 3.19. The van der Waals surface area contributed by atoms with Crippen LogP contribution in [-0.4, -0.2) is 31.4 Å². The van der Waals surface area contributed by atoms with Crippen LogP contribution in [0.25, 0.3) is 0 Å². The highest BCUT2D eigenvalue weighted by Gasteiger charge is 2.19. The Morgan fingerprint density at radius 1 is 1.22 bits per heavy atom. The summed E-state index contributed by atoms with van der Waals surface area (Å²) in [5.41, 5.74) is 3.92. The largest absolute Gasteiger partial charge is 0.496 e. The number of nitrogens with zero attached hydrogens (tertiary/aromatic N) is 1. The standard InChI is InChI=1S/C15H25NO2/c1-10-8-13(16(6)9-15(4,5)17)11(2)12(3)14(10)18-7/h8,17H,9H2,1-7H3. The normalized spacial score (nSPS) is 11.6. The highest BCUT2D eigenvalue weighted by molar-refractivity contribution is 5.62. The molecule has 0 saturated heterocycles. The number of hydrogen-bond donors (Lipinski definition) is 1. The predicted octanol–water partition coefficient (Wildman–Crippen LogP) is 2.83. The van der Waals surface area contributed by atoms with Crippen molar-refractivity contribution in [1.82, 2.24) is 0 Å². The quantitative estimate of drug-likeness (QED) is 0.893. The van der Waals surface area contributed by atoms with Gasteiger partial charge in [-0.3, -0.25) is 0 Å². The van der Waals surface area contributed by atoms with Crippen LogP contribution in [0.15, 0.2) is 6.07 Å². The van der Waals surface area contributed by atoms with Gasteiger partial charge in [-0.05, 0) is 57.4 Å². The van der Waals surface area contributed by atoms with E-state index in [4.69, 9.17) is 4.74 Å². The number of rotatable bonds is 4. The molecule has 0 unspecified atom stereocenters. The summed E-state index contributed by atoms with van der Waals surface area (Å²) in [7, 11) is 3.71. The first kappa shape index (κ1) is 14.8. The molecule has 0 aromatic heterocycles. The molecular weight excluding hydrogens is 226 g/mol. The van der Waals surface area contributed by atoms with Crippen molar-refractivity contribution in [2.45, 2.75) is 40.2 Å². The highest BCUT2D eigenvalue weighted by atomic mass is 16.5. The lowest BCUT2D eigenvalue weighted by atomic mass is 10.0. The van der Waals surface area contributed by atoms with Crippen LogP contribution in [-0.2, 0) is 0 Å². The second-order valence-corrected chi connectivity index (χ2v) is 5.66. The lowest BCUT2D eigenvalue weighted by molar-refractivity contribution is 0.0886. The van der Waals surface area contributed by atoms with Gasteiger partial charge in [0.05, 0.1) is 12.7 Å². The molecule has 0 aliphatic heterocycles. The predicted molar refractivity (Wildman–Crippen MR) is 76.8 cm³/mol. The van der Waals surface area contributed by atoms with Gasteiger partial charge in [-0.2, -0.15) is 0 Å². The number of aryl methyl sites for hydroxylation is 1. The average Bonchev–Trinajstić information content (AvgIpc) is 2.21. The topological polar surface area (TPSA) is 32.7 Å². The summed E-state index contributed by atoms with van der Waals surface area (Å²) in [5, 5.41) is 9.91. The van der Waals surface area contributed by atoms with E-state index in [2.05, 4.69) is 24.8 Å². The molecule has 0 bridgehead atoms. The van der Waals surface area contributed by atoms with Gasteiger partial charge < -0.3 is 14.7 Å². The number of methoxy groups -OCH3 is 1. The summed E-state index contributed by atoms with van der Waals surface area (Å²) in [6.45, 7) is 10.5. The maximum absolute atomic E-state index is 9.91. The third-order valence-electron chi connectivity index (χ3n) is 3.24. The first-order valence-electron chi connectivity index (χ1n) is 6.25. The van der Waals surface area contributed by atoms with E-state index in [-0.39, 0.29) is 0 Å². The first-order valence-corrected chi connectivity index (χ1v) is 6.25. The van der Waals surface area contributed by atoms with Gasteiger partial charge >= 0.3 is 0 Å². The van der Waals surface area contributed by atoms with Crippen molar-refractivity contribution in [3.05, 3.63) is 22.8 Å². The number of ether oxygens (including phenoxy) is 1. The molecule has 3 nitrogen and oxygen atoms in total. The van der Waals surface area contributed by atoms with Gasteiger partial charge in [0, 0.05) is 19.3 Å². The van der Waals surface area contributed by atoms with Crippen LogP contribution >= 0.6 is 0 Å². The van der Waals surface area contributed by atoms with Crippen LogP contribution in [0.3, 0.4) is 0 Å². The minimum Gasteiger partial charge on any atom is -0.496 e. The Morgan fingerprint density at radius 2 is 1.78 bits per heavy atom. The fourth-order valence-corrected chi connectivity index (χ4v) is 2.41. The molecule has 0 radical (unpaired) electrons. The van der Waals surface area contributed by atoms with Crippen molar-refractivity contribution in [3.63, 3.8) is 0 Å². The van der Waals surface area contributed by atoms with Crippen molar-refractivity contribution >= 4 is 5.69 Å². The van der Waals surface area contributed by atoms with Gasteiger partial charge in [0.15, 0.2) is 0 Å². The summed E-state index contributed by atoms with van der Waals surface area (Å²) in [6, 6.07) is 2.12. The van der Waals surface area contributed by atoms with Crippen LogP contribution in [0.1, 0.15) is 30.5 Å². The SMILES string of the molecule is COc1c(C)cc(N(C)CC(C)(C)O)c(C)c1C. The molecule has 0 heterocycles. The molecule has 0 aliphatic carbocycles. The zero-order chi connectivity index (χ0) is 14.1. The van der Waals surface area contributed by atoms with E-state index >= 15 is 0 Å². The minimum absolute atomic E-state index is 0.596. The summed E-state index contributed by atoms with van der Waals surface area (Å²) in [5.74, 6) is 0.952. The van der Waals surface area contributed by atoms with Gasteiger partial charge in [0.2, 0.25) is 0 Å². The van der Waals surface area contributed by atoms with Crippen molar-refractivity contribution in [2.24, 2.45) is 0 Å². The molecule has 0 saturated carbocycles. The third-order valence-corrected chi connectivity index (χ3v) is 3.24. The van der Waals surface area contributed by atoms with E-state index < -0.39 is 5.60 Å². The van der Waals surface area contributed by atoms with Crippen molar-refractivity contribution in [3.8, 4) is 5.75 Å². The number of likely N-dealkylation sites (N-methyl/N-ethyl adjacent to an activating group) is 1. The molecule has 1 rings (SSSR count). The lowest BCUT2D eigenvalue weighted by Gasteiger charge is -2.29. The Bertz CT molecular complexity index is 433. The van der Waals surface area contributed by atoms with Crippen molar-refractivity contribution in [2.75, 3.05) is 25.6 Å². The van der Waals surface area contributed by atoms with Gasteiger partial charge in [0.25, 0.3) is 0 Å². The fraction of sp³-hybridized carbons (Fsp3) is 0.600. The van der Waals surface area contributed by atoms with E-state index in [0.717, 1.165) is 22.6 Å². The van der Waals surface area contributed by atoms with Gasteiger partial charge in [0.1, 0.15) is 5.75 Å². The second-order valence-electron chi connectivity index (χ2n) is 5.66.